The second-order valence-electron chi connectivity index (χ2n) is 6.16. The molecule has 1 aromatic heterocycles. The van der Waals surface area contributed by atoms with E-state index in [1.54, 1.807) is 0 Å². The Morgan fingerprint density at radius 1 is 1.33 bits per heavy atom. The highest BCUT2D eigenvalue weighted by atomic mass is 15.4. The first-order chi connectivity index (χ1) is 8.49. The van der Waals surface area contributed by atoms with Crippen molar-refractivity contribution >= 4 is 0 Å². The lowest BCUT2D eigenvalue weighted by Crippen LogP contribution is -2.40. The van der Waals surface area contributed by atoms with E-state index in [1.165, 1.54) is 12.8 Å². The molecule has 5 nitrogen and oxygen atoms in total. The van der Waals surface area contributed by atoms with Crippen molar-refractivity contribution in [2.24, 2.45) is 0 Å². The van der Waals surface area contributed by atoms with Crippen LogP contribution in [0.1, 0.15) is 39.3 Å². The number of piperidine rings is 1. The standard InChI is InChI=1S/C13H25N5/c1-13(2,3)18-10-12(15-16-18)9-17-7-5-11(14-4)6-8-17/h10-11,14H,5-9H2,1-4H3. The second kappa shape index (κ2) is 5.36. The van der Waals surface area contributed by atoms with Crippen LogP contribution < -0.4 is 5.32 Å². The SMILES string of the molecule is CNC1CCN(Cc2cn(C(C)(C)C)nn2)CC1. The van der Waals surface area contributed by atoms with Gasteiger partial charge in [-0.25, -0.2) is 4.68 Å². The highest BCUT2D eigenvalue weighted by Gasteiger charge is 2.20. The summed E-state index contributed by atoms with van der Waals surface area (Å²) in [5.41, 5.74) is 1.09. The number of nitrogens with one attached hydrogen (secondary N) is 1. The zero-order chi connectivity index (χ0) is 13.2. The Bertz CT molecular complexity index is 371. The Labute approximate surface area is 110 Å². The van der Waals surface area contributed by atoms with Crippen LogP contribution >= 0.6 is 0 Å². The molecule has 1 fully saturated rings. The van der Waals surface area contributed by atoms with E-state index >= 15 is 0 Å². The summed E-state index contributed by atoms with van der Waals surface area (Å²) < 4.78 is 1.95. The molecule has 2 heterocycles. The molecule has 1 N–H and O–H groups in total. The number of aromatic nitrogens is 3. The second-order valence-corrected chi connectivity index (χ2v) is 6.16. The van der Waals surface area contributed by atoms with Crippen molar-refractivity contribution < 1.29 is 0 Å². The summed E-state index contributed by atoms with van der Waals surface area (Å²) in [6.07, 6.45) is 4.53. The summed E-state index contributed by atoms with van der Waals surface area (Å²) in [5.74, 6) is 0. The van der Waals surface area contributed by atoms with Gasteiger partial charge in [-0.1, -0.05) is 5.21 Å². The summed E-state index contributed by atoms with van der Waals surface area (Å²) in [7, 11) is 2.05. The van der Waals surface area contributed by atoms with Crippen molar-refractivity contribution in [1.82, 2.24) is 25.2 Å². The molecule has 0 atom stereocenters. The van der Waals surface area contributed by atoms with Gasteiger partial charge in [0.25, 0.3) is 0 Å². The van der Waals surface area contributed by atoms with E-state index in [4.69, 9.17) is 0 Å². The molecular weight excluding hydrogens is 226 g/mol. The van der Waals surface area contributed by atoms with Crippen LogP contribution in [0.2, 0.25) is 0 Å². The number of rotatable bonds is 3. The largest absolute Gasteiger partial charge is 0.317 e. The minimum atomic E-state index is 0.0182. The minimum Gasteiger partial charge on any atom is -0.317 e. The molecule has 2 rings (SSSR count). The molecule has 0 aromatic carbocycles. The fourth-order valence-corrected chi connectivity index (χ4v) is 2.31. The fraction of sp³-hybridized carbons (Fsp3) is 0.846. The highest BCUT2D eigenvalue weighted by molar-refractivity contribution is 4.95. The number of hydrogen-bond acceptors (Lipinski definition) is 4. The molecule has 102 valence electrons. The van der Waals surface area contributed by atoms with Gasteiger partial charge in [0.15, 0.2) is 0 Å². The Hall–Kier alpha value is -0.940. The van der Waals surface area contributed by atoms with Crippen LogP contribution in [0, 0.1) is 0 Å². The van der Waals surface area contributed by atoms with E-state index in [9.17, 15) is 0 Å². The van der Waals surface area contributed by atoms with Crippen LogP contribution in [-0.4, -0.2) is 46.1 Å². The third-order valence-corrected chi connectivity index (χ3v) is 3.61. The highest BCUT2D eigenvalue weighted by Crippen LogP contribution is 2.15. The van der Waals surface area contributed by atoms with E-state index in [-0.39, 0.29) is 5.54 Å². The summed E-state index contributed by atoms with van der Waals surface area (Å²) in [6, 6.07) is 0.687. The summed E-state index contributed by atoms with van der Waals surface area (Å²) in [5, 5.41) is 11.8. The molecule has 0 unspecified atom stereocenters. The molecule has 0 aliphatic carbocycles. The quantitative estimate of drug-likeness (QED) is 0.877. The smallest absolute Gasteiger partial charge is 0.0967 e. The molecule has 1 aliphatic heterocycles. The molecule has 0 saturated carbocycles. The average molecular weight is 251 g/mol. The third kappa shape index (κ3) is 3.29. The predicted molar refractivity (Wildman–Crippen MR) is 72.4 cm³/mol. The van der Waals surface area contributed by atoms with Crippen molar-refractivity contribution in [2.75, 3.05) is 20.1 Å². The first-order valence-electron chi connectivity index (χ1n) is 6.80. The zero-order valence-corrected chi connectivity index (χ0v) is 12.0. The van der Waals surface area contributed by atoms with Gasteiger partial charge in [0.2, 0.25) is 0 Å². The van der Waals surface area contributed by atoms with E-state index in [0.717, 1.165) is 25.3 Å². The molecule has 0 spiro atoms. The first-order valence-corrected chi connectivity index (χ1v) is 6.80. The lowest BCUT2D eigenvalue weighted by molar-refractivity contribution is 0.192. The van der Waals surface area contributed by atoms with Crippen molar-refractivity contribution in [1.29, 1.82) is 0 Å². The Balaban J connectivity index is 1.89. The van der Waals surface area contributed by atoms with Gasteiger partial charge >= 0.3 is 0 Å². The van der Waals surface area contributed by atoms with Crippen LogP contribution in [0.15, 0.2) is 6.20 Å². The Morgan fingerprint density at radius 3 is 2.50 bits per heavy atom. The van der Waals surface area contributed by atoms with Crippen molar-refractivity contribution in [3.8, 4) is 0 Å². The van der Waals surface area contributed by atoms with Gasteiger partial charge in [0, 0.05) is 25.7 Å². The van der Waals surface area contributed by atoms with Crippen LogP contribution in [-0.2, 0) is 12.1 Å². The van der Waals surface area contributed by atoms with E-state index in [2.05, 4.69) is 54.5 Å². The van der Waals surface area contributed by atoms with Gasteiger partial charge in [-0.15, -0.1) is 5.10 Å². The maximum absolute atomic E-state index is 4.27. The molecule has 5 heteroatoms. The normalized spacial score (nSPS) is 19.3. The monoisotopic (exact) mass is 251 g/mol. The van der Waals surface area contributed by atoms with E-state index in [1.807, 2.05) is 4.68 Å². The fourth-order valence-electron chi connectivity index (χ4n) is 2.31. The summed E-state index contributed by atoms with van der Waals surface area (Å²) in [4.78, 5) is 2.46. The Kier molecular flexibility index (Phi) is 4.02. The molecule has 1 saturated heterocycles. The maximum atomic E-state index is 4.27. The Morgan fingerprint density at radius 2 is 2.00 bits per heavy atom. The topological polar surface area (TPSA) is 46.0 Å². The zero-order valence-electron chi connectivity index (χ0n) is 12.0. The third-order valence-electron chi connectivity index (χ3n) is 3.61. The molecule has 18 heavy (non-hydrogen) atoms. The van der Waals surface area contributed by atoms with Gasteiger partial charge in [-0.3, -0.25) is 4.90 Å². The minimum absolute atomic E-state index is 0.0182. The average Bonchev–Trinajstić information content (AvgIpc) is 2.78. The van der Waals surface area contributed by atoms with Crippen LogP contribution in [0.25, 0.3) is 0 Å². The van der Waals surface area contributed by atoms with Gasteiger partial charge < -0.3 is 5.32 Å². The van der Waals surface area contributed by atoms with Gasteiger partial charge in [-0.2, -0.15) is 0 Å². The molecule has 0 amide bonds. The summed E-state index contributed by atoms with van der Waals surface area (Å²) in [6.45, 7) is 9.64. The molecule has 1 aromatic rings. The summed E-state index contributed by atoms with van der Waals surface area (Å²) >= 11 is 0. The number of likely N-dealkylation sites (tertiary alicyclic amines) is 1. The van der Waals surface area contributed by atoms with Crippen molar-refractivity contribution in [3.63, 3.8) is 0 Å². The maximum Gasteiger partial charge on any atom is 0.0967 e. The molecule has 0 bridgehead atoms. The van der Waals surface area contributed by atoms with Gasteiger partial charge in [0.1, 0.15) is 0 Å². The van der Waals surface area contributed by atoms with Crippen molar-refractivity contribution in [2.45, 2.75) is 51.7 Å². The molecule has 0 radical (unpaired) electrons. The number of hydrogen-bond donors (Lipinski definition) is 1. The van der Waals surface area contributed by atoms with Crippen LogP contribution in [0.5, 0.6) is 0 Å². The van der Waals surface area contributed by atoms with Crippen LogP contribution in [0.4, 0.5) is 0 Å². The number of nitrogens with zero attached hydrogens (tertiary/aromatic N) is 4. The van der Waals surface area contributed by atoms with Gasteiger partial charge in [-0.05, 0) is 40.7 Å². The van der Waals surface area contributed by atoms with Crippen molar-refractivity contribution in [3.05, 3.63) is 11.9 Å². The lowest BCUT2D eigenvalue weighted by atomic mass is 10.1. The first kappa shape index (κ1) is 13.5. The van der Waals surface area contributed by atoms with E-state index in [0.29, 0.717) is 6.04 Å². The van der Waals surface area contributed by atoms with Crippen LogP contribution in [0.3, 0.4) is 0 Å². The van der Waals surface area contributed by atoms with E-state index < -0.39 is 0 Å². The molecular formula is C13H25N5. The lowest BCUT2D eigenvalue weighted by Gasteiger charge is -2.31. The predicted octanol–water partition coefficient (Wildman–Crippen LogP) is 1.22. The molecule has 1 aliphatic rings. The van der Waals surface area contributed by atoms with Gasteiger partial charge in [0.05, 0.1) is 17.4 Å².